The summed E-state index contributed by atoms with van der Waals surface area (Å²) in [5.74, 6) is -0.530. The summed E-state index contributed by atoms with van der Waals surface area (Å²) in [6, 6.07) is -0.877. The summed E-state index contributed by atoms with van der Waals surface area (Å²) in [7, 11) is 0. The van der Waals surface area contributed by atoms with Crippen molar-refractivity contribution in [3.8, 4) is 0 Å². The average Bonchev–Trinajstić information content (AvgIpc) is 2.45. The van der Waals surface area contributed by atoms with Gasteiger partial charge in [-0.1, -0.05) is 0 Å². The van der Waals surface area contributed by atoms with Crippen molar-refractivity contribution in [2.24, 2.45) is 0 Å². The fourth-order valence-corrected chi connectivity index (χ4v) is 2.20. The lowest BCUT2D eigenvalue weighted by Gasteiger charge is -2.40. The van der Waals surface area contributed by atoms with Crippen molar-refractivity contribution in [3.63, 3.8) is 0 Å². The molecular formula is C14H20N4O4. The minimum Gasteiger partial charge on any atom is -0.480 e. The first-order valence-corrected chi connectivity index (χ1v) is 7.01. The molecule has 1 N–H and O–H groups in total. The highest BCUT2D eigenvalue weighted by Crippen LogP contribution is 2.19. The average molecular weight is 308 g/mol. The van der Waals surface area contributed by atoms with E-state index in [9.17, 15) is 14.7 Å². The van der Waals surface area contributed by atoms with Crippen LogP contribution in [0.5, 0.6) is 0 Å². The summed E-state index contributed by atoms with van der Waals surface area (Å²) in [6.45, 7) is 6.09. The molecule has 1 fully saturated rings. The summed E-state index contributed by atoms with van der Waals surface area (Å²) < 4.78 is 5.29. The number of ether oxygens (including phenoxy) is 1. The van der Waals surface area contributed by atoms with Crippen LogP contribution in [0, 0.1) is 0 Å². The lowest BCUT2D eigenvalue weighted by molar-refractivity contribution is -0.139. The molecule has 1 aliphatic heterocycles. The number of nitrogens with zero attached hydrogens (tertiary/aromatic N) is 4. The normalized spacial score (nSPS) is 19.0. The molecule has 1 aromatic heterocycles. The van der Waals surface area contributed by atoms with Crippen molar-refractivity contribution in [1.29, 1.82) is 0 Å². The highest BCUT2D eigenvalue weighted by Gasteiger charge is 2.36. The summed E-state index contributed by atoms with van der Waals surface area (Å²) in [5.41, 5.74) is -0.613. The Morgan fingerprint density at radius 1 is 1.32 bits per heavy atom. The molecule has 1 amide bonds. The zero-order valence-corrected chi connectivity index (χ0v) is 12.9. The largest absolute Gasteiger partial charge is 0.480 e. The van der Waals surface area contributed by atoms with Crippen molar-refractivity contribution >= 4 is 17.9 Å². The molecule has 1 saturated heterocycles. The fraction of sp³-hybridized carbons (Fsp3) is 0.571. The summed E-state index contributed by atoms with van der Waals surface area (Å²) >= 11 is 0. The second-order valence-electron chi connectivity index (χ2n) is 6.04. The number of piperazine rings is 1. The number of carboxylic acid groups (broad SMARTS) is 1. The number of amides is 1. The molecule has 0 aliphatic carbocycles. The van der Waals surface area contributed by atoms with Crippen molar-refractivity contribution in [3.05, 3.63) is 18.6 Å². The minimum absolute atomic E-state index is 0.0425. The van der Waals surface area contributed by atoms with E-state index in [0.29, 0.717) is 18.9 Å². The van der Waals surface area contributed by atoms with E-state index in [1.165, 1.54) is 23.5 Å². The first kappa shape index (κ1) is 16.0. The van der Waals surface area contributed by atoms with Gasteiger partial charge in [-0.2, -0.15) is 0 Å². The molecule has 1 aromatic rings. The monoisotopic (exact) mass is 308 g/mol. The van der Waals surface area contributed by atoms with Gasteiger partial charge in [0.25, 0.3) is 0 Å². The van der Waals surface area contributed by atoms with Gasteiger partial charge in [0.15, 0.2) is 0 Å². The molecule has 0 unspecified atom stereocenters. The summed E-state index contributed by atoms with van der Waals surface area (Å²) in [4.78, 5) is 34.7. The molecule has 0 saturated carbocycles. The Balaban J connectivity index is 2.12. The van der Waals surface area contributed by atoms with Crippen LogP contribution in [0.15, 0.2) is 18.6 Å². The van der Waals surface area contributed by atoms with Crippen LogP contribution in [0.25, 0.3) is 0 Å². The number of anilines is 1. The maximum atomic E-state index is 12.1. The van der Waals surface area contributed by atoms with Crippen LogP contribution >= 0.6 is 0 Å². The van der Waals surface area contributed by atoms with Crippen LogP contribution in [-0.4, -0.2) is 63.3 Å². The van der Waals surface area contributed by atoms with E-state index >= 15 is 0 Å². The molecule has 120 valence electrons. The minimum atomic E-state index is -1.01. The Labute approximate surface area is 128 Å². The number of aromatic nitrogens is 2. The van der Waals surface area contributed by atoms with Gasteiger partial charge in [0.2, 0.25) is 0 Å². The zero-order valence-electron chi connectivity index (χ0n) is 12.9. The topological polar surface area (TPSA) is 95.9 Å². The molecule has 2 heterocycles. The van der Waals surface area contributed by atoms with Gasteiger partial charge in [-0.15, -0.1) is 0 Å². The van der Waals surface area contributed by atoms with E-state index in [0.717, 1.165) is 0 Å². The van der Waals surface area contributed by atoms with Gasteiger partial charge in [0.1, 0.15) is 17.5 Å². The van der Waals surface area contributed by atoms with Crippen molar-refractivity contribution in [1.82, 2.24) is 14.9 Å². The van der Waals surface area contributed by atoms with E-state index < -0.39 is 23.7 Å². The molecule has 1 aliphatic rings. The van der Waals surface area contributed by atoms with Crippen LogP contribution in [0.4, 0.5) is 10.6 Å². The second-order valence-corrected chi connectivity index (χ2v) is 6.04. The molecule has 1 atom stereocenters. The third kappa shape index (κ3) is 3.84. The van der Waals surface area contributed by atoms with Crippen molar-refractivity contribution < 1.29 is 19.4 Å². The number of carboxylic acids is 1. The quantitative estimate of drug-likeness (QED) is 0.870. The van der Waals surface area contributed by atoms with Crippen molar-refractivity contribution in [2.45, 2.75) is 32.4 Å². The third-order valence-electron chi connectivity index (χ3n) is 3.16. The van der Waals surface area contributed by atoms with Crippen molar-refractivity contribution in [2.75, 3.05) is 24.5 Å². The maximum Gasteiger partial charge on any atom is 0.410 e. The molecule has 0 radical (unpaired) electrons. The smallest absolute Gasteiger partial charge is 0.410 e. The number of hydrogen-bond donors (Lipinski definition) is 1. The Bertz CT molecular complexity index is 544. The van der Waals surface area contributed by atoms with Gasteiger partial charge >= 0.3 is 12.1 Å². The van der Waals surface area contributed by atoms with Gasteiger partial charge in [0.05, 0.1) is 12.7 Å². The second kappa shape index (κ2) is 6.17. The Hall–Kier alpha value is -2.38. The SMILES string of the molecule is CC(C)(C)OC(=O)N1CCN(c2cnccn2)[C@H](C(=O)O)C1. The standard InChI is InChI=1S/C14H20N4O4/c1-14(2,3)22-13(21)17-6-7-18(10(9-17)12(19)20)11-8-15-4-5-16-11/h4-5,8,10H,6-7,9H2,1-3H3,(H,19,20)/t10-/m0/s1. The highest BCUT2D eigenvalue weighted by molar-refractivity contribution is 5.80. The lowest BCUT2D eigenvalue weighted by Crippen LogP contribution is -2.58. The maximum absolute atomic E-state index is 12.1. The molecule has 0 spiro atoms. The van der Waals surface area contributed by atoms with Gasteiger partial charge in [-0.3, -0.25) is 4.98 Å². The first-order valence-electron chi connectivity index (χ1n) is 7.01. The highest BCUT2D eigenvalue weighted by atomic mass is 16.6. The Morgan fingerprint density at radius 2 is 2.05 bits per heavy atom. The summed E-state index contributed by atoms with van der Waals surface area (Å²) in [5, 5.41) is 9.43. The molecule has 0 bridgehead atoms. The molecule has 2 rings (SSSR count). The molecular weight excluding hydrogens is 288 g/mol. The van der Waals surface area contributed by atoms with Crippen LogP contribution in [-0.2, 0) is 9.53 Å². The van der Waals surface area contributed by atoms with E-state index in [1.807, 2.05) is 0 Å². The van der Waals surface area contributed by atoms with Gasteiger partial charge < -0.3 is 19.6 Å². The van der Waals surface area contributed by atoms with Crippen LogP contribution in [0.3, 0.4) is 0 Å². The van der Waals surface area contributed by atoms with Crippen LogP contribution in [0.2, 0.25) is 0 Å². The third-order valence-corrected chi connectivity index (χ3v) is 3.16. The zero-order chi connectivity index (χ0) is 16.3. The molecule has 8 nitrogen and oxygen atoms in total. The molecule has 22 heavy (non-hydrogen) atoms. The first-order chi connectivity index (χ1) is 10.3. The molecule has 8 heteroatoms. The predicted molar refractivity (Wildman–Crippen MR) is 78.6 cm³/mol. The van der Waals surface area contributed by atoms with Crippen LogP contribution in [0.1, 0.15) is 20.8 Å². The van der Waals surface area contributed by atoms with E-state index in [1.54, 1.807) is 25.7 Å². The van der Waals surface area contributed by atoms with E-state index in [2.05, 4.69) is 9.97 Å². The number of carbonyl (C=O) groups is 2. The van der Waals surface area contributed by atoms with Gasteiger partial charge in [-0.25, -0.2) is 14.6 Å². The Kier molecular flexibility index (Phi) is 4.48. The van der Waals surface area contributed by atoms with Crippen LogP contribution < -0.4 is 4.90 Å². The predicted octanol–water partition coefficient (Wildman–Crippen LogP) is 0.987. The lowest BCUT2D eigenvalue weighted by atomic mass is 10.1. The van der Waals surface area contributed by atoms with E-state index in [-0.39, 0.29) is 6.54 Å². The molecule has 0 aromatic carbocycles. The summed E-state index contributed by atoms with van der Waals surface area (Å²) in [6.07, 6.45) is 4.04. The van der Waals surface area contributed by atoms with Gasteiger partial charge in [0, 0.05) is 25.5 Å². The Morgan fingerprint density at radius 3 is 2.59 bits per heavy atom. The van der Waals surface area contributed by atoms with Gasteiger partial charge in [-0.05, 0) is 20.8 Å². The number of hydrogen-bond acceptors (Lipinski definition) is 6. The number of aliphatic carboxylic acids is 1. The number of rotatable bonds is 2. The fourth-order valence-electron chi connectivity index (χ4n) is 2.20. The number of carbonyl (C=O) groups excluding carboxylic acids is 1. The van der Waals surface area contributed by atoms with E-state index in [4.69, 9.17) is 4.74 Å².